The second-order valence-corrected chi connectivity index (χ2v) is 24.9. The molecule has 25 N–H and O–H groups in total. The van der Waals surface area contributed by atoms with Crippen molar-refractivity contribution in [1.29, 1.82) is 0 Å². The lowest BCUT2D eigenvalue weighted by atomic mass is 9.92. The third kappa shape index (κ3) is 32.5. The number of hydrogen-bond donors (Lipinski definition) is 20. The summed E-state index contributed by atoms with van der Waals surface area (Å²) in [6.07, 6.45) is 4.40. The molecule has 1 aromatic carbocycles. The molecule has 0 bridgehead atoms. The van der Waals surface area contributed by atoms with Crippen LogP contribution in [0.15, 0.2) is 45.3 Å². The van der Waals surface area contributed by atoms with E-state index in [1.165, 1.54) is 11.8 Å². The first-order chi connectivity index (χ1) is 46.9. The molecule has 1 aliphatic carbocycles. The van der Waals surface area contributed by atoms with Gasteiger partial charge in [-0.05, 0) is 75.7 Å². The number of nitrogens with one attached hydrogen (secondary N) is 10. The molecule has 554 valence electrons. The average molecular weight is 1430 g/mol. The molecule has 1 fully saturated rings. The van der Waals surface area contributed by atoms with Crippen molar-refractivity contribution in [3.8, 4) is 0 Å². The van der Waals surface area contributed by atoms with E-state index in [0.717, 1.165) is 19.3 Å². The molecule has 1 aromatic rings. The van der Waals surface area contributed by atoms with Gasteiger partial charge in [0, 0.05) is 43.6 Å². The summed E-state index contributed by atoms with van der Waals surface area (Å²) >= 11 is 8.52. The molecule has 1 aliphatic rings. The number of nitrogens with zero attached hydrogens (tertiary/aromatic N) is 4. The van der Waals surface area contributed by atoms with Crippen LogP contribution in [0.3, 0.4) is 0 Å². The quantitative estimate of drug-likeness (QED) is 0.00955. The van der Waals surface area contributed by atoms with Crippen LogP contribution in [0.5, 0.6) is 0 Å². The molecule has 0 heterocycles. The van der Waals surface area contributed by atoms with E-state index in [1.54, 1.807) is 58.0 Å². The first-order valence-electron chi connectivity index (χ1n) is 33.0. The smallest absolute Gasteiger partial charge is 0.305 e. The van der Waals surface area contributed by atoms with Crippen LogP contribution in [-0.2, 0) is 68.7 Å². The Balaban J connectivity index is 2.37. The van der Waals surface area contributed by atoms with Crippen LogP contribution in [-0.4, -0.2) is 216 Å². The first kappa shape index (κ1) is 86.1. The van der Waals surface area contributed by atoms with Crippen LogP contribution in [0, 0.1) is 11.8 Å². The highest BCUT2D eigenvalue weighted by Gasteiger charge is 2.40. The van der Waals surface area contributed by atoms with Crippen LogP contribution >= 0.6 is 25.3 Å². The maximum atomic E-state index is 14.8. The average Bonchev–Trinajstić information content (AvgIpc) is 0.824. The topological polar surface area (TPSA) is 585 Å². The minimum Gasteiger partial charge on any atom is -0.481 e. The molecular formula is C62H105N21O14S2. The number of aliphatic imine (C=N–C) groups is 3. The van der Waals surface area contributed by atoms with Gasteiger partial charge in [-0.3, -0.25) is 72.5 Å². The van der Waals surface area contributed by atoms with E-state index in [1.807, 2.05) is 0 Å². The maximum absolute atomic E-state index is 14.8. The monoisotopic (exact) mass is 1430 g/mol. The number of carboxylic acids is 1. The van der Waals surface area contributed by atoms with E-state index in [9.17, 15) is 67.4 Å². The summed E-state index contributed by atoms with van der Waals surface area (Å²) in [5.74, 6) is -13.1. The van der Waals surface area contributed by atoms with E-state index < -0.39 is 163 Å². The van der Waals surface area contributed by atoms with Crippen molar-refractivity contribution < 1.29 is 67.4 Å². The summed E-state index contributed by atoms with van der Waals surface area (Å²) in [5, 5.41) is 35.2. The van der Waals surface area contributed by atoms with Gasteiger partial charge in [-0.15, -0.1) is 0 Å². The molecule has 1 saturated carbocycles. The largest absolute Gasteiger partial charge is 0.481 e. The molecule has 99 heavy (non-hydrogen) atoms. The molecule has 35 nitrogen and oxygen atoms in total. The molecule has 0 unspecified atom stereocenters. The predicted octanol–water partition coefficient (Wildman–Crippen LogP) is -5.00. The standard InChI is InChI=1S/C62H105N21O14S2/c1-6-34(3)49(81-53(91)41(22-15-25-71-61(66)67)76-47(86)30-73-46(85)29-74-51(89)36(5)75-56(94)45(33-99)80-52(90)40(63)21-14-24-70-60(64)65)57(95)78-43(28-48(87)88)55(93)77-42(23-16-26-72-62(68)69)54(92)82-50(35(4)7-2)58(96)79-44(27-37-17-10-8-11-18-37)59(97)83(39(31-84)32-98)38-19-12-9-13-20-38/h8,10-11,17-18,31,34-36,38-45,49-50,98-99H,6-7,9,12-16,19-30,32-33,63H2,1-5H3,(H,73,85)(H,74,89)(H,75,94)(H,76,86)(H,77,93)(H,78,95)(H,79,96)(H,80,90)(H,81,91)(H,82,92)(H,87,88)(H4,64,65,70)(H4,66,67,71)(H4,68,69,72)/t34-,35-,36-,39+,40-,41-,42-,43-,44-,45-,49-,50-/m0/s1. The van der Waals surface area contributed by atoms with Gasteiger partial charge < -0.3 is 108 Å². The highest BCUT2D eigenvalue weighted by atomic mass is 32.1. The molecule has 0 aromatic heterocycles. The SMILES string of the molecule is CC[C@H](C)[C@H](NC(=O)[C@H](CCCN=C(N)N)NC(=O)CNC(=O)CNC(=O)[C@H](C)NC(=O)[C@H](CS)NC(=O)[C@@H](N)CCCN=C(N)N)C(=O)N[C@@H](CC(=O)O)C(=O)N[C@@H](CCCN=C(N)N)C(=O)N[C@H](C(=O)N[C@@H](Cc1ccccc1)C(=O)N(C1CCCCC1)[C@H](C=O)CS)[C@@H](C)CC. The summed E-state index contributed by atoms with van der Waals surface area (Å²) in [5.41, 5.74) is 39.4. The van der Waals surface area contributed by atoms with E-state index in [-0.39, 0.29) is 100 Å². The molecule has 0 spiro atoms. The normalized spacial score (nSPS) is 15.6. The van der Waals surface area contributed by atoms with E-state index in [2.05, 4.69) is 93.4 Å². The predicted molar refractivity (Wildman–Crippen MR) is 377 cm³/mol. The number of aliphatic carboxylic acids is 1. The van der Waals surface area contributed by atoms with Crippen LogP contribution in [0.2, 0.25) is 0 Å². The van der Waals surface area contributed by atoms with Gasteiger partial charge >= 0.3 is 5.97 Å². The Labute approximate surface area is 587 Å². The fourth-order valence-corrected chi connectivity index (χ4v) is 10.9. The fraction of sp³-hybridized carbons (Fsp3) is 0.645. The Hall–Kier alpha value is -9.00. The second kappa shape index (κ2) is 46.3. The number of rotatable bonds is 46. The highest BCUT2D eigenvalue weighted by molar-refractivity contribution is 7.80. The number of thiol groups is 2. The molecule has 0 aliphatic heterocycles. The van der Waals surface area contributed by atoms with E-state index in [4.69, 9.17) is 40.1 Å². The van der Waals surface area contributed by atoms with Gasteiger partial charge in [0.2, 0.25) is 65.0 Å². The zero-order chi connectivity index (χ0) is 74.3. The number of carboxylic acid groups (broad SMARTS) is 1. The van der Waals surface area contributed by atoms with Gasteiger partial charge in [-0.2, -0.15) is 25.3 Å². The minimum atomic E-state index is -1.91. The van der Waals surface area contributed by atoms with E-state index >= 15 is 0 Å². The van der Waals surface area contributed by atoms with Crippen LogP contribution < -0.4 is 93.3 Å². The van der Waals surface area contributed by atoms with Crippen LogP contribution in [0.4, 0.5) is 0 Å². The second-order valence-electron chi connectivity index (χ2n) is 24.2. The molecule has 0 radical (unpaired) electrons. The molecule has 2 rings (SSSR count). The molecular weight excluding hydrogens is 1330 g/mol. The van der Waals surface area contributed by atoms with Gasteiger partial charge in [0.25, 0.3) is 0 Å². The van der Waals surface area contributed by atoms with Crippen LogP contribution in [0.25, 0.3) is 0 Å². The third-order valence-electron chi connectivity index (χ3n) is 16.3. The summed E-state index contributed by atoms with van der Waals surface area (Å²) in [4.78, 5) is 190. The summed E-state index contributed by atoms with van der Waals surface area (Å²) in [7, 11) is 0. The summed E-state index contributed by atoms with van der Waals surface area (Å²) in [6.45, 7) is 6.75. The zero-order valence-corrected chi connectivity index (χ0v) is 58.8. The Morgan fingerprint density at radius 2 is 1.00 bits per heavy atom. The first-order valence-corrected chi connectivity index (χ1v) is 34.3. The van der Waals surface area contributed by atoms with Gasteiger partial charge in [-0.25, -0.2) is 0 Å². The molecule has 0 saturated heterocycles. The third-order valence-corrected chi connectivity index (χ3v) is 17.1. The molecule has 37 heteroatoms. The van der Waals surface area contributed by atoms with Crippen molar-refractivity contribution in [2.45, 2.75) is 197 Å². The number of amides is 11. The highest BCUT2D eigenvalue weighted by Crippen LogP contribution is 2.26. The van der Waals surface area contributed by atoms with Crippen molar-refractivity contribution >= 4 is 120 Å². The van der Waals surface area contributed by atoms with Crippen molar-refractivity contribution in [3.63, 3.8) is 0 Å². The van der Waals surface area contributed by atoms with Crippen molar-refractivity contribution in [2.24, 2.45) is 66.9 Å². The fourth-order valence-electron chi connectivity index (χ4n) is 10.3. The minimum absolute atomic E-state index is 0.0162. The maximum Gasteiger partial charge on any atom is 0.305 e. The van der Waals surface area contributed by atoms with Crippen LogP contribution in [0.1, 0.15) is 130 Å². The van der Waals surface area contributed by atoms with Gasteiger partial charge in [-0.1, -0.05) is 90.1 Å². The lowest BCUT2D eigenvalue weighted by Crippen LogP contribution is -2.62. The number of aldehydes is 1. The zero-order valence-electron chi connectivity index (χ0n) is 57.0. The number of nitrogens with two attached hydrogens (primary N) is 7. The Bertz CT molecular complexity index is 2930. The lowest BCUT2D eigenvalue weighted by Gasteiger charge is -2.40. The molecule has 11 amide bonds. The van der Waals surface area contributed by atoms with Crippen molar-refractivity contribution in [3.05, 3.63) is 35.9 Å². The number of benzene rings is 1. The Morgan fingerprint density at radius 3 is 1.47 bits per heavy atom. The summed E-state index contributed by atoms with van der Waals surface area (Å²) in [6, 6.07) is -4.73. The number of guanidine groups is 3. The Kier molecular flexibility index (Phi) is 40.3. The van der Waals surface area contributed by atoms with Crippen molar-refractivity contribution in [2.75, 3.05) is 44.2 Å². The summed E-state index contributed by atoms with van der Waals surface area (Å²) < 4.78 is 0. The van der Waals surface area contributed by atoms with Gasteiger partial charge in [0.15, 0.2) is 17.9 Å². The van der Waals surface area contributed by atoms with Gasteiger partial charge in [0.1, 0.15) is 54.6 Å². The number of carbonyl (C=O) groups is 13. The lowest BCUT2D eigenvalue weighted by molar-refractivity contribution is -0.143. The number of hydrogen-bond acceptors (Lipinski definition) is 19. The number of carbonyl (C=O) groups excluding carboxylic acids is 12. The molecule has 12 atom stereocenters. The Morgan fingerprint density at radius 1 is 0.545 bits per heavy atom. The van der Waals surface area contributed by atoms with Crippen molar-refractivity contribution in [1.82, 2.24) is 58.1 Å². The van der Waals surface area contributed by atoms with Gasteiger partial charge in [0.05, 0.1) is 31.6 Å². The van der Waals surface area contributed by atoms with E-state index in [0.29, 0.717) is 37.5 Å².